The molecule has 0 saturated carbocycles. The zero-order valence-corrected chi connectivity index (χ0v) is 12.9. The summed E-state index contributed by atoms with van der Waals surface area (Å²) in [6.45, 7) is 0.209. The van der Waals surface area contributed by atoms with Crippen LogP contribution >= 0.6 is 15.9 Å². The molecule has 3 nitrogen and oxygen atoms in total. The third kappa shape index (κ3) is 2.54. The van der Waals surface area contributed by atoms with Crippen LogP contribution in [0.3, 0.4) is 0 Å². The molecule has 3 rings (SSSR count). The predicted molar refractivity (Wildman–Crippen MR) is 81.4 cm³/mol. The molecule has 0 aromatic heterocycles. The number of hydrogen-bond acceptors (Lipinski definition) is 3. The number of piperidine rings is 1. The van der Waals surface area contributed by atoms with Gasteiger partial charge in [-0.05, 0) is 50.9 Å². The van der Waals surface area contributed by atoms with E-state index in [4.69, 9.17) is 0 Å². The minimum absolute atomic E-state index is 0.154. The number of benzene rings is 1. The Hall–Kier alpha value is -0.580. The normalized spacial score (nSPS) is 34.5. The summed E-state index contributed by atoms with van der Waals surface area (Å²) in [5.74, 6) is 0. The fourth-order valence-electron chi connectivity index (χ4n) is 3.71. The van der Waals surface area contributed by atoms with E-state index in [9.17, 15) is 5.11 Å². The molecule has 0 radical (unpaired) electrons. The summed E-state index contributed by atoms with van der Waals surface area (Å²) in [5, 5.41) is 13.5. The summed E-state index contributed by atoms with van der Waals surface area (Å²) in [6.07, 6.45) is 4.60. The van der Waals surface area contributed by atoms with Gasteiger partial charge in [0.2, 0.25) is 0 Å². The van der Waals surface area contributed by atoms with Crippen molar-refractivity contribution in [3.63, 3.8) is 0 Å². The van der Waals surface area contributed by atoms with Gasteiger partial charge in [-0.25, -0.2) is 0 Å². The third-order valence-electron chi connectivity index (χ3n) is 4.77. The number of fused-ring (bicyclic) bond motifs is 2. The molecule has 2 unspecified atom stereocenters. The monoisotopic (exact) mass is 324 g/mol. The van der Waals surface area contributed by atoms with Gasteiger partial charge in [0.1, 0.15) is 0 Å². The molecule has 2 bridgehead atoms. The van der Waals surface area contributed by atoms with Gasteiger partial charge in [0.05, 0.1) is 12.1 Å². The van der Waals surface area contributed by atoms with Crippen LogP contribution in [0.5, 0.6) is 0 Å². The second kappa shape index (κ2) is 5.08. The van der Waals surface area contributed by atoms with Crippen LogP contribution in [0.4, 0.5) is 5.69 Å². The molecular formula is C15H21BrN2O. The first kappa shape index (κ1) is 13.4. The van der Waals surface area contributed by atoms with Crippen LogP contribution in [0.25, 0.3) is 0 Å². The standard InChI is InChI=1S/C15H21BrN2O/c1-18-13-5-6-14(18)9-15(8-13,10-19)17-12-4-2-3-11(16)7-12/h2-4,7,13-14,17,19H,5-6,8-10H2,1H3. The maximum absolute atomic E-state index is 9.93. The molecule has 2 N–H and O–H groups in total. The zero-order valence-electron chi connectivity index (χ0n) is 11.3. The van der Waals surface area contributed by atoms with E-state index < -0.39 is 0 Å². The third-order valence-corrected chi connectivity index (χ3v) is 5.27. The number of nitrogens with zero attached hydrogens (tertiary/aromatic N) is 1. The summed E-state index contributed by atoms with van der Waals surface area (Å²) >= 11 is 3.50. The molecular weight excluding hydrogens is 304 g/mol. The van der Waals surface area contributed by atoms with Gasteiger partial charge in [-0.15, -0.1) is 0 Å². The first-order valence-electron chi connectivity index (χ1n) is 6.98. The van der Waals surface area contributed by atoms with Crippen molar-refractivity contribution in [2.24, 2.45) is 0 Å². The molecule has 19 heavy (non-hydrogen) atoms. The fraction of sp³-hybridized carbons (Fsp3) is 0.600. The van der Waals surface area contributed by atoms with Crippen molar-refractivity contribution >= 4 is 21.6 Å². The number of aliphatic hydroxyl groups excluding tert-OH is 1. The highest BCUT2D eigenvalue weighted by Gasteiger charge is 2.46. The van der Waals surface area contributed by atoms with Crippen LogP contribution in [0.2, 0.25) is 0 Å². The Morgan fingerprint density at radius 3 is 2.63 bits per heavy atom. The molecule has 1 aromatic carbocycles. The molecule has 0 amide bonds. The minimum atomic E-state index is -0.154. The van der Waals surface area contributed by atoms with Gasteiger partial charge in [0.15, 0.2) is 0 Å². The fourth-order valence-corrected chi connectivity index (χ4v) is 4.11. The number of hydrogen-bond donors (Lipinski definition) is 2. The van der Waals surface area contributed by atoms with Crippen molar-refractivity contribution in [2.75, 3.05) is 19.0 Å². The van der Waals surface area contributed by atoms with E-state index in [-0.39, 0.29) is 12.1 Å². The maximum atomic E-state index is 9.93. The number of anilines is 1. The van der Waals surface area contributed by atoms with Gasteiger partial charge in [-0.3, -0.25) is 0 Å². The van der Waals surface area contributed by atoms with Crippen molar-refractivity contribution in [1.82, 2.24) is 4.90 Å². The number of aliphatic hydroxyl groups is 1. The Kier molecular flexibility index (Phi) is 3.58. The van der Waals surface area contributed by atoms with Crippen LogP contribution in [0.15, 0.2) is 28.7 Å². The minimum Gasteiger partial charge on any atom is -0.394 e. The Balaban J connectivity index is 1.81. The van der Waals surface area contributed by atoms with Crippen molar-refractivity contribution in [2.45, 2.75) is 43.3 Å². The highest BCUT2D eigenvalue weighted by molar-refractivity contribution is 9.10. The first-order valence-corrected chi connectivity index (χ1v) is 7.78. The predicted octanol–water partition coefficient (Wildman–Crippen LogP) is 2.85. The Bertz CT molecular complexity index is 451. The van der Waals surface area contributed by atoms with Gasteiger partial charge in [0, 0.05) is 22.2 Å². The first-order chi connectivity index (χ1) is 9.12. The zero-order chi connectivity index (χ0) is 13.5. The molecule has 2 heterocycles. The number of nitrogens with one attached hydrogen (secondary N) is 1. The van der Waals surface area contributed by atoms with E-state index in [1.54, 1.807) is 0 Å². The van der Waals surface area contributed by atoms with E-state index in [1.165, 1.54) is 12.8 Å². The average molecular weight is 325 g/mol. The molecule has 1 aromatic rings. The summed E-state index contributed by atoms with van der Waals surface area (Å²) in [4.78, 5) is 2.50. The van der Waals surface area contributed by atoms with Gasteiger partial charge in [-0.1, -0.05) is 22.0 Å². The molecule has 0 aliphatic carbocycles. The molecule has 2 fully saturated rings. The summed E-state index contributed by atoms with van der Waals surface area (Å²) in [7, 11) is 2.22. The van der Waals surface area contributed by atoms with E-state index in [0.29, 0.717) is 12.1 Å². The number of rotatable bonds is 3. The lowest BCUT2D eigenvalue weighted by atomic mass is 9.83. The smallest absolute Gasteiger partial charge is 0.0662 e. The average Bonchev–Trinajstić information content (AvgIpc) is 2.63. The summed E-state index contributed by atoms with van der Waals surface area (Å²) in [6, 6.07) is 9.44. The largest absolute Gasteiger partial charge is 0.394 e. The second-order valence-corrected chi connectivity index (χ2v) is 6.95. The highest BCUT2D eigenvalue weighted by Crippen LogP contribution is 2.41. The lowest BCUT2D eigenvalue weighted by Gasteiger charge is -2.45. The van der Waals surface area contributed by atoms with Gasteiger partial charge >= 0.3 is 0 Å². The number of halogens is 1. The van der Waals surface area contributed by atoms with Crippen molar-refractivity contribution < 1.29 is 5.11 Å². The van der Waals surface area contributed by atoms with Crippen LogP contribution in [0, 0.1) is 0 Å². The molecule has 2 saturated heterocycles. The van der Waals surface area contributed by atoms with Crippen LogP contribution in [-0.4, -0.2) is 41.3 Å². The topological polar surface area (TPSA) is 35.5 Å². The molecule has 104 valence electrons. The van der Waals surface area contributed by atoms with Gasteiger partial charge in [-0.2, -0.15) is 0 Å². The lowest BCUT2D eigenvalue weighted by Crippen LogP contribution is -2.55. The van der Waals surface area contributed by atoms with Crippen molar-refractivity contribution in [3.05, 3.63) is 28.7 Å². The maximum Gasteiger partial charge on any atom is 0.0662 e. The summed E-state index contributed by atoms with van der Waals surface area (Å²) in [5.41, 5.74) is 0.937. The van der Waals surface area contributed by atoms with E-state index in [2.05, 4.69) is 45.3 Å². The van der Waals surface area contributed by atoms with E-state index in [0.717, 1.165) is 23.0 Å². The Morgan fingerprint density at radius 2 is 2.05 bits per heavy atom. The highest BCUT2D eigenvalue weighted by atomic mass is 79.9. The Labute approximate surface area is 123 Å². The van der Waals surface area contributed by atoms with E-state index in [1.807, 2.05) is 12.1 Å². The summed E-state index contributed by atoms with van der Waals surface area (Å²) < 4.78 is 1.07. The second-order valence-electron chi connectivity index (χ2n) is 6.03. The van der Waals surface area contributed by atoms with Crippen LogP contribution in [-0.2, 0) is 0 Å². The van der Waals surface area contributed by atoms with Crippen molar-refractivity contribution in [3.8, 4) is 0 Å². The van der Waals surface area contributed by atoms with Gasteiger partial charge in [0.25, 0.3) is 0 Å². The molecule has 2 aliphatic heterocycles. The SMILES string of the molecule is CN1C2CCC1CC(CO)(Nc1cccc(Br)c1)C2. The molecule has 0 spiro atoms. The molecule has 2 atom stereocenters. The quantitative estimate of drug-likeness (QED) is 0.897. The van der Waals surface area contributed by atoms with E-state index >= 15 is 0 Å². The van der Waals surface area contributed by atoms with Crippen LogP contribution < -0.4 is 5.32 Å². The Morgan fingerprint density at radius 1 is 1.37 bits per heavy atom. The molecule has 4 heteroatoms. The van der Waals surface area contributed by atoms with Crippen molar-refractivity contribution in [1.29, 1.82) is 0 Å². The van der Waals surface area contributed by atoms with Crippen LogP contribution in [0.1, 0.15) is 25.7 Å². The molecule has 2 aliphatic rings. The lowest BCUT2D eigenvalue weighted by molar-refractivity contribution is 0.0833. The van der Waals surface area contributed by atoms with Gasteiger partial charge < -0.3 is 15.3 Å².